The molecule has 1 heterocycles. The normalized spacial score (nSPS) is 18.6. The van der Waals surface area contributed by atoms with Gasteiger partial charge in [-0.15, -0.1) is 0 Å². The first-order chi connectivity index (χ1) is 26.5. The Morgan fingerprint density at radius 1 is 0.429 bits per heavy atom. The molecule has 0 radical (unpaired) electrons. The van der Waals surface area contributed by atoms with Gasteiger partial charge in [-0.2, -0.15) is 0 Å². The molecule has 5 nitrogen and oxygen atoms in total. The minimum absolute atomic E-state index is 0.224. The predicted octanol–water partition coefficient (Wildman–Crippen LogP) is 9.93. The summed E-state index contributed by atoms with van der Waals surface area (Å²) in [5, 5.41) is 42.1. The third-order valence-corrected chi connectivity index (χ3v) is 11.7. The predicted molar refractivity (Wildman–Crippen MR) is 223 cm³/mol. The fraction of sp³-hybridized carbons (Fsp3) is 0.294. The summed E-state index contributed by atoms with van der Waals surface area (Å²) in [4.78, 5) is 0. The highest BCUT2D eigenvalue weighted by atomic mass is 16.8. The van der Waals surface area contributed by atoms with Gasteiger partial charge in [0.15, 0.2) is 5.79 Å². The summed E-state index contributed by atoms with van der Waals surface area (Å²) in [5.41, 5.74) is 1.96. The Balaban J connectivity index is 1.65. The van der Waals surface area contributed by atoms with Crippen LogP contribution in [0.2, 0.25) is 0 Å². The van der Waals surface area contributed by atoms with Gasteiger partial charge in [0.05, 0.1) is 0 Å². The van der Waals surface area contributed by atoms with Gasteiger partial charge in [-0.25, -0.2) is 0 Å². The number of aryl methyl sites for hydroxylation is 6. The molecule has 3 N–H and O–H groups in total. The highest BCUT2D eigenvalue weighted by Gasteiger charge is 2.72. The molecule has 7 rings (SSSR count). The quantitative estimate of drug-likeness (QED) is 0.130. The molecule has 0 aromatic heterocycles. The van der Waals surface area contributed by atoms with Gasteiger partial charge in [-0.05, 0) is 88.8 Å². The number of ether oxygens (including phenoxy) is 2. The summed E-state index contributed by atoms with van der Waals surface area (Å²) in [6.07, 6.45) is -1.54. The second-order valence-electron chi connectivity index (χ2n) is 16.6. The third-order valence-electron chi connectivity index (χ3n) is 11.7. The van der Waals surface area contributed by atoms with Crippen LogP contribution in [0.25, 0.3) is 0 Å². The fourth-order valence-electron chi connectivity index (χ4n) is 8.58. The van der Waals surface area contributed by atoms with Crippen LogP contribution in [0.4, 0.5) is 0 Å². The zero-order chi connectivity index (χ0) is 40.1. The first-order valence-corrected chi connectivity index (χ1v) is 19.5. The Kier molecular flexibility index (Phi) is 10.2. The molecular weight excluding hydrogens is 693 g/mol. The largest absolute Gasteiger partial charge is 0.380 e. The monoisotopic (exact) mass is 746 g/mol. The molecule has 56 heavy (non-hydrogen) atoms. The van der Waals surface area contributed by atoms with Gasteiger partial charge < -0.3 is 24.8 Å². The lowest BCUT2D eigenvalue weighted by atomic mass is 9.59. The average Bonchev–Trinajstić information content (AvgIpc) is 3.46. The average molecular weight is 747 g/mol. The van der Waals surface area contributed by atoms with E-state index in [2.05, 4.69) is 0 Å². The van der Waals surface area contributed by atoms with Crippen molar-refractivity contribution in [2.75, 3.05) is 0 Å². The summed E-state index contributed by atoms with van der Waals surface area (Å²) in [7, 11) is 0. The van der Waals surface area contributed by atoms with Gasteiger partial charge in [0, 0.05) is 6.42 Å². The van der Waals surface area contributed by atoms with Crippen molar-refractivity contribution in [3.05, 3.63) is 212 Å². The molecule has 1 aliphatic heterocycles. The number of hydrogen-bond acceptors (Lipinski definition) is 5. The van der Waals surface area contributed by atoms with E-state index in [0.29, 0.717) is 33.4 Å². The van der Waals surface area contributed by atoms with Crippen LogP contribution in [-0.2, 0) is 26.3 Å². The van der Waals surface area contributed by atoms with E-state index in [1.54, 1.807) is 0 Å². The van der Waals surface area contributed by atoms with Crippen LogP contribution in [-0.4, -0.2) is 32.8 Å². The molecule has 6 aromatic rings. The van der Waals surface area contributed by atoms with Crippen molar-refractivity contribution in [1.29, 1.82) is 0 Å². The van der Waals surface area contributed by atoms with Crippen LogP contribution in [0, 0.1) is 41.5 Å². The van der Waals surface area contributed by atoms with E-state index < -0.39 is 34.3 Å². The van der Waals surface area contributed by atoms with E-state index in [1.807, 2.05) is 201 Å². The zero-order valence-electron chi connectivity index (χ0n) is 33.8. The Morgan fingerprint density at radius 2 is 0.696 bits per heavy atom. The fourth-order valence-corrected chi connectivity index (χ4v) is 8.58. The van der Waals surface area contributed by atoms with E-state index in [-0.39, 0.29) is 6.42 Å². The molecular formula is C51H54O5. The van der Waals surface area contributed by atoms with Crippen molar-refractivity contribution in [2.45, 2.75) is 96.1 Å². The molecule has 0 amide bonds. The summed E-state index contributed by atoms with van der Waals surface area (Å²) in [6, 6.07) is 46.7. The summed E-state index contributed by atoms with van der Waals surface area (Å²) in [5.74, 6) is -1.36. The first kappa shape index (κ1) is 39.4. The SMILES string of the molecule is Cc1ccc(C(O)(C[C@]2(C(O)(c3ccc(C)cc3)c3ccc(C)cc3)OC(C)(C)O[C@@H]2C(O)(c2ccc(C)cc2)c2ccc(C)cc2)c2ccc(C)cc2)cc1. The molecule has 0 saturated carbocycles. The number of hydrogen-bond donors (Lipinski definition) is 3. The highest BCUT2D eigenvalue weighted by molar-refractivity contribution is 5.50. The Labute approximate surface area is 332 Å². The molecule has 288 valence electrons. The molecule has 5 heteroatoms. The van der Waals surface area contributed by atoms with E-state index in [1.165, 1.54) is 0 Å². The summed E-state index contributed by atoms with van der Waals surface area (Å²) < 4.78 is 14.6. The van der Waals surface area contributed by atoms with Gasteiger partial charge in [0.2, 0.25) is 0 Å². The van der Waals surface area contributed by atoms with Crippen molar-refractivity contribution in [2.24, 2.45) is 0 Å². The molecule has 6 aromatic carbocycles. The van der Waals surface area contributed by atoms with Crippen molar-refractivity contribution < 1.29 is 24.8 Å². The number of rotatable bonds is 10. The Hall–Kier alpha value is -4.88. The smallest absolute Gasteiger partial charge is 0.164 e. The van der Waals surface area contributed by atoms with Crippen molar-refractivity contribution in [3.8, 4) is 0 Å². The van der Waals surface area contributed by atoms with Gasteiger partial charge in [0.25, 0.3) is 0 Å². The molecule has 2 atom stereocenters. The van der Waals surface area contributed by atoms with Gasteiger partial charge in [-0.3, -0.25) is 0 Å². The Morgan fingerprint density at radius 3 is 1.00 bits per heavy atom. The maximum Gasteiger partial charge on any atom is 0.164 e. The summed E-state index contributed by atoms with van der Waals surface area (Å²) >= 11 is 0. The maximum atomic E-state index is 14.4. The van der Waals surface area contributed by atoms with Crippen molar-refractivity contribution in [3.63, 3.8) is 0 Å². The highest BCUT2D eigenvalue weighted by Crippen LogP contribution is 2.61. The van der Waals surface area contributed by atoms with E-state index in [9.17, 15) is 15.3 Å². The minimum atomic E-state index is -2.03. The lowest BCUT2D eigenvalue weighted by molar-refractivity contribution is -0.226. The lowest BCUT2D eigenvalue weighted by Gasteiger charge is -2.53. The molecule has 1 aliphatic rings. The van der Waals surface area contributed by atoms with Crippen LogP contribution < -0.4 is 0 Å². The minimum Gasteiger partial charge on any atom is -0.380 e. The van der Waals surface area contributed by atoms with E-state index in [0.717, 1.165) is 33.4 Å². The van der Waals surface area contributed by atoms with Gasteiger partial charge in [0.1, 0.15) is 28.5 Å². The third kappa shape index (κ3) is 6.82. The van der Waals surface area contributed by atoms with Crippen LogP contribution in [0.3, 0.4) is 0 Å². The molecule has 0 aliphatic carbocycles. The summed E-state index contributed by atoms with van der Waals surface area (Å²) in [6.45, 7) is 15.7. The number of benzene rings is 6. The zero-order valence-corrected chi connectivity index (χ0v) is 33.8. The van der Waals surface area contributed by atoms with Crippen LogP contribution in [0.1, 0.15) is 87.0 Å². The first-order valence-electron chi connectivity index (χ1n) is 19.5. The molecule has 0 spiro atoms. The van der Waals surface area contributed by atoms with Crippen molar-refractivity contribution >= 4 is 0 Å². The van der Waals surface area contributed by atoms with Gasteiger partial charge >= 0.3 is 0 Å². The molecule has 1 fully saturated rings. The standard InChI is InChI=1S/C51H54O5/c1-34-9-21-40(22-10-34)48(52,41-23-11-35(2)12-24-41)33-49(51(54,44-29-17-38(5)18-30-44)45-31-19-39(6)20-32-45)46(55-47(7,8)56-49)50(53,42-25-13-36(3)14-26-42)43-27-15-37(4)16-28-43/h9-32,46,52-54H,33H2,1-8H3/t46-,49-/m0/s1. The second-order valence-corrected chi connectivity index (χ2v) is 16.6. The topological polar surface area (TPSA) is 79.2 Å². The molecule has 1 saturated heterocycles. The number of aliphatic hydroxyl groups is 3. The van der Waals surface area contributed by atoms with Crippen LogP contribution in [0.15, 0.2) is 146 Å². The van der Waals surface area contributed by atoms with E-state index in [4.69, 9.17) is 9.47 Å². The van der Waals surface area contributed by atoms with Crippen LogP contribution in [0.5, 0.6) is 0 Å². The lowest BCUT2D eigenvalue weighted by Crippen LogP contribution is -2.66. The Bertz CT molecular complexity index is 2130. The van der Waals surface area contributed by atoms with Gasteiger partial charge in [-0.1, -0.05) is 179 Å². The molecule has 0 bridgehead atoms. The molecule has 0 unspecified atom stereocenters. The maximum absolute atomic E-state index is 14.4. The second kappa shape index (κ2) is 14.6. The van der Waals surface area contributed by atoms with E-state index >= 15 is 0 Å². The van der Waals surface area contributed by atoms with Crippen molar-refractivity contribution in [1.82, 2.24) is 0 Å². The van der Waals surface area contributed by atoms with Crippen LogP contribution >= 0.6 is 0 Å².